The fourth-order valence-electron chi connectivity index (χ4n) is 3.85. The number of aromatic carboxylic acids is 2. The van der Waals surface area contributed by atoms with E-state index in [1.807, 2.05) is 0 Å². The highest BCUT2D eigenvalue weighted by Crippen LogP contribution is 2.27. The van der Waals surface area contributed by atoms with Crippen molar-refractivity contribution in [3.8, 4) is 0 Å². The molecule has 1 aromatic carbocycles. The maximum Gasteiger partial charge on any atom is 0.335 e. The minimum Gasteiger partial charge on any atom is -0.478 e. The molecule has 3 rings (SSSR count). The molecular formula is C21H30O5. The van der Waals surface area contributed by atoms with Gasteiger partial charge in [0.25, 0.3) is 0 Å². The highest BCUT2D eigenvalue weighted by atomic mass is 16.5. The molecule has 0 spiro atoms. The van der Waals surface area contributed by atoms with E-state index in [4.69, 9.17) is 14.9 Å². The fraction of sp³-hybridized carbons (Fsp3) is 0.619. The zero-order chi connectivity index (χ0) is 18.9. The van der Waals surface area contributed by atoms with Gasteiger partial charge in [-0.3, -0.25) is 0 Å². The number of benzene rings is 1. The predicted molar refractivity (Wildman–Crippen MR) is 99.8 cm³/mol. The van der Waals surface area contributed by atoms with Gasteiger partial charge >= 0.3 is 11.9 Å². The minimum atomic E-state index is -1.11. The number of carbonyl (C=O) groups is 2. The van der Waals surface area contributed by atoms with Crippen LogP contribution >= 0.6 is 0 Å². The number of hydrogen-bond acceptors (Lipinski definition) is 3. The Kier molecular flexibility index (Phi) is 8.10. The highest BCUT2D eigenvalue weighted by molar-refractivity contribution is 5.96. The summed E-state index contributed by atoms with van der Waals surface area (Å²) in [6, 6.07) is 4.17. The average molecular weight is 362 g/mol. The van der Waals surface area contributed by atoms with E-state index in [0.717, 1.165) is 25.0 Å². The van der Waals surface area contributed by atoms with Gasteiger partial charge in [0, 0.05) is 13.2 Å². The Labute approximate surface area is 155 Å². The summed E-state index contributed by atoms with van der Waals surface area (Å²) in [5.74, 6) is -0.413. The van der Waals surface area contributed by atoms with Crippen molar-refractivity contribution in [2.75, 3.05) is 13.2 Å². The Bertz CT molecular complexity index is 550. The molecule has 0 radical (unpaired) electrons. The van der Waals surface area contributed by atoms with Crippen molar-refractivity contribution in [3.63, 3.8) is 0 Å². The van der Waals surface area contributed by atoms with E-state index in [0.29, 0.717) is 0 Å². The first-order chi connectivity index (χ1) is 12.5. The molecule has 0 amide bonds. The highest BCUT2D eigenvalue weighted by Gasteiger charge is 2.18. The lowest BCUT2D eigenvalue weighted by Gasteiger charge is -2.13. The van der Waals surface area contributed by atoms with Crippen molar-refractivity contribution < 1.29 is 24.5 Å². The number of hydrogen-bond donors (Lipinski definition) is 2. The Morgan fingerprint density at radius 2 is 1.27 bits per heavy atom. The lowest BCUT2D eigenvalue weighted by molar-refractivity contribution is 0.0696. The molecule has 0 aromatic heterocycles. The maximum atomic E-state index is 10.6. The topological polar surface area (TPSA) is 83.8 Å². The van der Waals surface area contributed by atoms with Gasteiger partial charge in [-0.2, -0.15) is 0 Å². The van der Waals surface area contributed by atoms with Crippen LogP contribution in [0.1, 0.15) is 77.6 Å². The largest absolute Gasteiger partial charge is 0.478 e. The van der Waals surface area contributed by atoms with Crippen LogP contribution in [-0.2, 0) is 4.74 Å². The number of rotatable bonds is 6. The zero-order valence-corrected chi connectivity index (χ0v) is 15.6. The van der Waals surface area contributed by atoms with Crippen molar-refractivity contribution in [1.29, 1.82) is 0 Å². The van der Waals surface area contributed by atoms with Crippen LogP contribution in [0.5, 0.6) is 0 Å². The second-order valence-corrected chi connectivity index (χ2v) is 7.43. The number of carboxylic acid groups (broad SMARTS) is 2. The molecule has 1 aromatic rings. The molecule has 144 valence electrons. The number of carboxylic acids is 2. The van der Waals surface area contributed by atoms with Crippen LogP contribution in [-0.4, -0.2) is 35.4 Å². The molecule has 2 aliphatic carbocycles. The SMILES string of the molecule is C1CCC(COCC2CCCC2)C1.Cc1c(C(=O)O)cccc1C(=O)O. The van der Waals surface area contributed by atoms with Crippen molar-refractivity contribution >= 4 is 11.9 Å². The van der Waals surface area contributed by atoms with Crippen molar-refractivity contribution in [2.45, 2.75) is 58.3 Å². The average Bonchev–Trinajstić information content (AvgIpc) is 3.29. The summed E-state index contributed by atoms with van der Waals surface area (Å²) >= 11 is 0. The van der Waals surface area contributed by atoms with E-state index < -0.39 is 11.9 Å². The molecule has 2 aliphatic rings. The van der Waals surface area contributed by atoms with E-state index in [-0.39, 0.29) is 16.7 Å². The molecule has 26 heavy (non-hydrogen) atoms. The van der Waals surface area contributed by atoms with Crippen molar-refractivity contribution in [1.82, 2.24) is 0 Å². The second-order valence-electron chi connectivity index (χ2n) is 7.43. The van der Waals surface area contributed by atoms with E-state index in [1.54, 1.807) is 0 Å². The Morgan fingerprint density at radius 1 is 0.885 bits per heavy atom. The maximum absolute atomic E-state index is 10.6. The molecular weight excluding hydrogens is 332 g/mol. The zero-order valence-electron chi connectivity index (χ0n) is 15.6. The third-order valence-electron chi connectivity index (χ3n) is 5.45. The summed E-state index contributed by atoms with van der Waals surface area (Å²) in [7, 11) is 0. The van der Waals surface area contributed by atoms with Crippen LogP contribution in [0.25, 0.3) is 0 Å². The molecule has 5 heteroatoms. The molecule has 2 saturated carbocycles. The standard InChI is InChI=1S/C12H22O.C9H8O4/c1-2-6-11(5-1)9-13-10-12-7-3-4-8-12;1-5-6(8(10)11)3-2-4-7(5)9(12)13/h11-12H,1-10H2;2-4H,1H3,(H,10,11)(H,12,13). The summed E-state index contributed by atoms with van der Waals surface area (Å²) in [6.45, 7) is 3.58. The molecule has 5 nitrogen and oxygen atoms in total. The van der Waals surface area contributed by atoms with Crippen LogP contribution in [0.3, 0.4) is 0 Å². The summed E-state index contributed by atoms with van der Waals surface area (Å²) in [6.07, 6.45) is 11.5. The lowest BCUT2D eigenvalue weighted by Crippen LogP contribution is -2.11. The normalized spacial score (nSPS) is 17.7. The number of ether oxygens (including phenoxy) is 1. The molecule has 2 fully saturated rings. The van der Waals surface area contributed by atoms with Crippen molar-refractivity contribution in [3.05, 3.63) is 34.9 Å². The van der Waals surface area contributed by atoms with Gasteiger partial charge in [-0.25, -0.2) is 9.59 Å². The third kappa shape index (κ3) is 6.13. The van der Waals surface area contributed by atoms with Gasteiger partial charge in [0.15, 0.2) is 0 Å². The molecule has 0 unspecified atom stereocenters. The first kappa shape index (κ1) is 20.4. The molecule has 0 aliphatic heterocycles. The van der Waals surface area contributed by atoms with E-state index in [9.17, 15) is 9.59 Å². The lowest BCUT2D eigenvalue weighted by atomic mass is 10.0. The van der Waals surface area contributed by atoms with Crippen LogP contribution in [0.4, 0.5) is 0 Å². The molecule has 2 N–H and O–H groups in total. The van der Waals surface area contributed by atoms with Gasteiger partial charge in [-0.15, -0.1) is 0 Å². The van der Waals surface area contributed by atoms with Crippen LogP contribution in [0.15, 0.2) is 18.2 Å². The van der Waals surface area contributed by atoms with Crippen LogP contribution in [0.2, 0.25) is 0 Å². The van der Waals surface area contributed by atoms with Gasteiger partial charge in [-0.1, -0.05) is 31.7 Å². The molecule has 0 heterocycles. The van der Waals surface area contributed by atoms with Gasteiger partial charge in [-0.05, 0) is 62.1 Å². The van der Waals surface area contributed by atoms with Gasteiger partial charge in [0.1, 0.15) is 0 Å². The van der Waals surface area contributed by atoms with Gasteiger partial charge in [0.05, 0.1) is 11.1 Å². The van der Waals surface area contributed by atoms with Gasteiger partial charge < -0.3 is 14.9 Å². The summed E-state index contributed by atoms with van der Waals surface area (Å²) in [5.41, 5.74) is 0.335. The second kappa shape index (κ2) is 10.3. The predicted octanol–water partition coefficient (Wildman–Crippen LogP) is 4.77. The Hall–Kier alpha value is -1.88. The van der Waals surface area contributed by atoms with Crippen LogP contribution < -0.4 is 0 Å². The Morgan fingerprint density at radius 3 is 1.62 bits per heavy atom. The van der Waals surface area contributed by atoms with E-state index in [2.05, 4.69) is 0 Å². The minimum absolute atomic E-state index is 0.0277. The van der Waals surface area contributed by atoms with Gasteiger partial charge in [0.2, 0.25) is 0 Å². The van der Waals surface area contributed by atoms with Crippen molar-refractivity contribution in [2.24, 2.45) is 11.8 Å². The Balaban J connectivity index is 0.000000187. The smallest absolute Gasteiger partial charge is 0.335 e. The first-order valence-electron chi connectivity index (χ1n) is 9.63. The fourth-order valence-corrected chi connectivity index (χ4v) is 3.85. The van der Waals surface area contributed by atoms with E-state index >= 15 is 0 Å². The summed E-state index contributed by atoms with van der Waals surface area (Å²) in [5, 5.41) is 17.4. The monoisotopic (exact) mass is 362 g/mol. The summed E-state index contributed by atoms with van der Waals surface area (Å²) in [4.78, 5) is 21.2. The molecule has 0 bridgehead atoms. The molecule has 0 saturated heterocycles. The third-order valence-corrected chi connectivity index (χ3v) is 5.45. The van der Waals surface area contributed by atoms with Crippen LogP contribution in [0, 0.1) is 18.8 Å². The summed E-state index contributed by atoms with van der Waals surface area (Å²) < 4.78 is 5.80. The quantitative estimate of drug-likeness (QED) is 0.761. The van der Waals surface area contributed by atoms with E-state index in [1.165, 1.54) is 76.5 Å². The first-order valence-corrected chi connectivity index (χ1v) is 9.63. The molecule has 0 atom stereocenters.